The van der Waals surface area contributed by atoms with Crippen LogP contribution in [0.2, 0.25) is 5.02 Å². The molecule has 0 amide bonds. The van der Waals surface area contributed by atoms with Crippen molar-refractivity contribution in [2.75, 3.05) is 11.5 Å². The van der Waals surface area contributed by atoms with Gasteiger partial charge in [-0.25, -0.2) is 15.0 Å². The number of rotatable bonds is 2. The molecule has 2 heterocycles. The van der Waals surface area contributed by atoms with Crippen molar-refractivity contribution in [2.45, 2.75) is 10.2 Å². The van der Waals surface area contributed by atoms with Crippen LogP contribution in [0.15, 0.2) is 33.0 Å². The monoisotopic (exact) mass is 331 g/mol. The van der Waals surface area contributed by atoms with Gasteiger partial charge >= 0.3 is 0 Å². The van der Waals surface area contributed by atoms with Crippen LogP contribution in [0.25, 0.3) is 0 Å². The molecule has 0 aliphatic heterocycles. The molecule has 0 aromatic carbocycles. The van der Waals surface area contributed by atoms with E-state index in [0.29, 0.717) is 26.8 Å². The molecule has 0 saturated carbocycles. The molecule has 0 atom stereocenters. The van der Waals surface area contributed by atoms with Crippen molar-refractivity contribution >= 4 is 50.9 Å². The van der Waals surface area contributed by atoms with Gasteiger partial charge in [0.05, 0.1) is 9.50 Å². The van der Waals surface area contributed by atoms with Crippen LogP contribution in [0, 0.1) is 0 Å². The summed E-state index contributed by atoms with van der Waals surface area (Å²) in [4.78, 5) is 12.3. The summed E-state index contributed by atoms with van der Waals surface area (Å²) in [5.74, 6) is 0.648. The minimum Gasteiger partial charge on any atom is -0.383 e. The molecule has 0 aliphatic carbocycles. The van der Waals surface area contributed by atoms with E-state index in [4.69, 9.17) is 23.1 Å². The van der Waals surface area contributed by atoms with E-state index in [0.717, 1.165) is 4.47 Å². The highest BCUT2D eigenvalue weighted by atomic mass is 79.9. The Morgan fingerprint density at radius 3 is 2.41 bits per heavy atom. The van der Waals surface area contributed by atoms with Gasteiger partial charge in [0.15, 0.2) is 5.16 Å². The number of hydrogen-bond acceptors (Lipinski definition) is 6. The minimum atomic E-state index is 0.324. The first kappa shape index (κ1) is 12.4. The second-order valence-electron chi connectivity index (χ2n) is 3.04. The Kier molecular flexibility index (Phi) is 3.70. The molecular weight excluding hydrogens is 326 g/mol. The number of halogens is 2. The van der Waals surface area contributed by atoms with E-state index in [1.807, 2.05) is 0 Å². The van der Waals surface area contributed by atoms with Gasteiger partial charge in [-0.2, -0.15) is 0 Å². The van der Waals surface area contributed by atoms with Crippen LogP contribution >= 0.6 is 39.3 Å². The van der Waals surface area contributed by atoms with Gasteiger partial charge < -0.3 is 11.5 Å². The van der Waals surface area contributed by atoms with Crippen molar-refractivity contribution < 1.29 is 0 Å². The van der Waals surface area contributed by atoms with E-state index < -0.39 is 0 Å². The summed E-state index contributed by atoms with van der Waals surface area (Å²) in [7, 11) is 0. The van der Waals surface area contributed by atoms with Gasteiger partial charge in [0, 0.05) is 12.3 Å². The normalized spacial score (nSPS) is 10.5. The smallest absolute Gasteiger partial charge is 0.197 e. The maximum atomic E-state index is 5.80. The van der Waals surface area contributed by atoms with Gasteiger partial charge in [-0.05, 0) is 33.8 Å². The van der Waals surface area contributed by atoms with Crippen LogP contribution in [0.5, 0.6) is 0 Å². The molecule has 2 rings (SSSR count). The highest BCUT2D eigenvalue weighted by Crippen LogP contribution is 2.31. The molecule has 17 heavy (non-hydrogen) atoms. The molecule has 4 N–H and O–H groups in total. The Morgan fingerprint density at radius 1 is 1.18 bits per heavy atom. The zero-order chi connectivity index (χ0) is 12.4. The molecule has 5 nitrogen and oxygen atoms in total. The van der Waals surface area contributed by atoms with Crippen LogP contribution in [0.3, 0.4) is 0 Å². The molecule has 2 aromatic rings. The Hall–Kier alpha value is -1.05. The third-order valence-corrected chi connectivity index (χ3v) is 3.66. The van der Waals surface area contributed by atoms with E-state index >= 15 is 0 Å². The molecule has 0 spiro atoms. The molecule has 0 aliphatic rings. The van der Waals surface area contributed by atoms with Crippen molar-refractivity contribution in [1.82, 2.24) is 15.0 Å². The van der Waals surface area contributed by atoms with Crippen LogP contribution < -0.4 is 11.5 Å². The fourth-order valence-corrected chi connectivity index (χ4v) is 2.69. The maximum Gasteiger partial charge on any atom is 0.197 e. The number of aromatic nitrogens is 3. The predicted octanol–water partition coefficient (Wildman–Crippen LogP) is 2.60. The van der Waals surface area contributed by atoms with E-state index in [9.17, 15) is 0 Å². The maximum absolute atomic E-state index is 5.80. The number of anilines is 2. The van der Waals surface area contributed by atoms with Gasteiger partial charge in [0.1, 0.15) is 16.7 Å². The lowest BCUT2D eigenvalue weighted by atomic mass is 10.5. The number of nitrogens with zero attached hydrogens (tertiary/aromatic N) is 3. The van der Waals surface area contributed by atoms with Gasteiger partial charge in [-0.1, -0.05) is 11.6 Å². The Bertz CT molecular complexity index is 545. The average Bonchev–Trinajstić information content (AvgIpc) is 2.21. The van der Waals surface area contributed by atoms with E-state index in [-0.39, 0.29) is 0 Å². The van der Waals surface area contributed by atoms with Crippen LogP contribution in [-0.4, -0.2) is 15.0 Å². The SMILES string of the molecule is Nc1cc(N)nc(Sc2ncc(Cl)cc2Br)n1. The highest BCUT2D eigenvalue weighted by molar-refractivity contribution is 9.10. The lowest BCUT2D eigenvalue weighted by molar-refractivity contribution is 0.974. The molecule has 0 saturated heterocycles. The Labute approximate surface area is 115 Å². The lowest BCUT2D eigenvalue weighted by Crippen LogP contribution is -1.99. The summed E-state index contributed by atoms with van der Waals surface area (Å²) in [5, 5.41) is 1.69. The first-order valence-corrected chi connectivity index (χ1v) is 6.42. The Balaban J connectivity index is 2.31. The summed E-state index contributed by atoms with van der Waals surface area (Å²) in [6.07, 6.45) is 1.55. The quantitative estimate of drug-likeness (QED) is 0.821. The van der Waals surface area contributed by atoms with Gasteiger partial charge in [0.25, 0.3) is 0 Å². The molecule has 2 aromatic heterocycles. The van der Waals surface area contributed by atoms with Crippen molar-refractivity contribution in [2.24, 2.45) is 0 Å². The van der Waals surface area contributed by atoms with Crippen LogP contribution in [-0.2, 0) is 0 Å². The average molecular weight is 333 g/mol. The molecule has 0 bridgehead atoms. The van der Waals surface area contributed by atoms with Gasteiger partial charge in [-0.3, -0.25) is 0 Å². The zero-order valence-electron chi connectivity index (χ0n) is 8.39. The molecule has 0 radical (unpaired) electrons. The summed E-state index contributed by atoms with van der Waals surface area (Å²) < 4.78 is 0.764. The number of pyridine rings is 1. The summed E-state index contributed by atoms with van der Waals surface area (Å²) in [6, 6.07) is 3.24. The molecule has 0 unspecified atom stereocenters. The largest absolute Gasteiger partial charge is 0.383 e. The standard InChI is InChI=1S/C9H7BrClN5S/c10-5-1-4(11)3-14-8(5)17-9-15-6(12)2-7(13)16-9/h1-3H,(H4,12,13,15,16). The third-order valence-electron chi connectivity index (χ3n) is 1.71. The lowest BCUT2D eigenvalue weighted by Gasteiger charge is -2.04. The minimum absolute atomic E-state index is 0.324. The van der Waals surface area contributed by atoms with Gasteiger partial charge in [-0.15, -0.1) is 0 Å². The molecular formula is C9H7BrClN5S. The fraction of sp³-hybridized carbons (Fsp3) is 0. The fourth-order valence-electron chi connectivity index (χ4n) is 1.07. The Morgan fingerprint density at radius 2 is 1.82 bits per heavy atom. The van der Waals surface area contributed by atoms with Crippen LogP contribution in [0.1, 0.15) is 0 Å². The zero-order valence-corrected chi connectivity index (χ0v) is 11.6. The van der Waals surface area contributed by atoms with Crippen LogP contribution in [0.4, 0.5) is 11.6 Å². The van der Waals surface area contributed by atoms with Crippen molar-refractivity contribution in [3.05, 3.63) is 27.8 Å². The first-order chi connectivity index (χ1) is 8.04. The van der Waals surface area contributed by atoms with E-state index in [2.05, 4.69) is 30.9 Å². The van der Waals surface area contributed by atoms with Gasteiger partial charge in [0.2, 0.25) is 0 Å². The van der Waals surface area contributed by atoms with Crippen molar-refractivity contribution in [3.8, 4) is 0 Å². The second kappa shape index (κ2) is 5.07. The third kappa shape index (κ3) is 3.21. The first-order valence-electron chi connectivity index (χ1n) is 4.43. The molecule has 88 valence electrons. The highest BCUT2D eigenvalue weighted by Gasteiger charge is 2.08. The summed E-state index contributed by atoms with van der Waals surface area (Å²) in [5.41, 5.74) is 11.2. The number of nitrogen functional groups attached to an aromatic ring is 2. The number of hydrogen-bond donors (Lipinski definition) is 2. The summed E-state index contributed by atoms with van der Waals surface area (Å²) >= 11 is 10.4. The topological polar surface area (TPSA) is 90.7 Å². The van der Waals surface area contributed by atoms with E-state index in [1.54, 1.807) is 12.3 Å². The van der Waals surface area contributed by atoms with Crippen molar-refractivity contribution in [3.63, 3.8) is 0 Å². The van der Waals surface area contributed by atoms with E-state index in [1.165, 1.54) is 17.8 Å². The molecule has 8 heteroatoms. The number of nitrogens with two attached hydrogens (primary N) is 2. The predicted molar refractivity (Wildman–Crippen MR) is 71.9 cm³/mol. The second-order valence-corrected chi connectivity index (χ2v) is 5.29. The molecule has 0 fully saturated rings. The van der Waals surface area contributed by atoms with Crippen molar-refractivity contribution in [1.29, 1.82) is 0 Å². The summed E-state index contributed by atoms with van der Waals surface area (Å²) in [6.45, 7) is 0.